The molecule has 5 aromatic carbocycles. The molecular formula is C70H93Cl3N10O2. The van der Waals surface area contributed by atoms with Crippen LogP contribution in [-0.4, -0.2) is 143 Å². The molecule has 3 saturated heterocycles. The first-order chi connectivity index (χ1) is 41.4. The minimum Gasteiger partial charge on any atom is -0.342 e. The smallest absolute Gasteiger partial charge is 0.326 e. The molecular weight excluding hydrogens is 1120 g/mol. The van der Waals surface area contributed by atoms with E-state index >= 15 is 0 Å². The van der Waals surface area contributed by atoms with Crippen molar-refractivity contribution in [1.82, 2.24) is 34.1 Å². The molecule has 0 bridgehead atoms. The van der Waals surface area contributed by atoms with Gasteiger partial charge in [0, 0.05) is 141 Å². The van der Waals surface area contributed by atoms with Crippen LogP contribution in [0.1, 0.15) is 137 Å². The van der Waals surface area contributed by atoms with Gasteiger partial charge in [0.1, 0.15) is 0 Å². The molecule has 7 aliphatic rings. The lowest BCUT2D eigenvalue weighted by Gasteiger charge is -2.46. The molecule has 12 nitrogen and oxygen atoms in total. The Bertz CT molecular complexity index is 3190. The molecule has 0 atom stereocenters. The van der Waals surface area contributed by atoms with Crippen LogP contribution in [0.4, 0.5) is 0 Å². The second-order valence-corrected chi connectivity index (χ2v) is 27.5. The highest BCUT2D eigenvalue weighted by Gasteiger charge is 2.42. The summed E-state index contributed by atoms with van der Waals surface area (Å²) in [6.07, 6.45) is 19.5. The van der Waals surface area contributed by atoms with Crippen molar-refractivity contribution in [3.8, 4) is 0 Å². The number of nitrogens with one attached hydrogen (secondary N) is 1. The summed E-state index contributed by atoms with van der Waals surface area (Å²) in [5.41, 5.74) is 28.0. The second kappa shape index (κ2) is 28.3. The van der Waals surface area contributed by atoms with Gasteiger partial charge in [-0.05, 0) is 186 Å². The van der Waals surface area contributed by atoms with Crippen molar-refractivity contribution in [3.05, 3.63) is 175 Å². The van der Waals surface area contributed by atoms with Gasteiger partial charge in [-0.3, -0.25) is 24.1 Å². The Morgan fingerprint density at radius 2 is 0.929 bits per heavy atom. The van der Waals surface area contributed by atoms with Crippen LogP contribution >= 0.6 is 34.8 Å². The maximum atomic E-state index is 12.6. The monoisotopic (exact) mass is 1210 g/mol. The summed E-state index contributed by atoms with van der Waals surface area (Å²) in [6.45, 7) is 13.1. The highest BCUT2D eigenvalue weighted by atomic mass is 35.5. The number of likely N-dealkylation sites (tertiary alicyclic amines) is 2. The summed E-state index contributed by atoms with van der Waals surface area (Å²) in [6, 6.07) is 44.0. The third-order valence-corrected chi connectivity index (χ3v) is 22.3. The van der Waals surface area contributed by atoms with E-state index in [2.05, 4.69) is 91.3 Å². The topological polar surface area (TPSA) is 149 Å². The quantitative estimate of drug-likeness (QED) is 0.0939. The molecule has 1 amide bonds. The minimum absolute atomic E-state index is 0.0200. The Hall–Kier alpha value is -4.57. The van der Waals surface area contributed by atoms with Crippen molar-refractivity contribution in [3.63, 3.8) is 0 Å². The average molecular weight is 1210 g/mol. The number of fused-ring (bicyclic) bond motifs is 2. The summed E-state index contributed by atoms with van der Waals surface area (Å²) in [5.74, 6) is 0.322. The third-order valence-electron chi connectivity index (χ3n) is 21.6. The average Bonchev–Trinajstić information content (AvgIpc) is 3.84. The number of imidazole rings is 1. The normalized spacial score (nSPS) is 27.4. The number of halogens is 3. The van der Waals surface area contributed by atoms with Gasteiger partial charge in [0.15, 0.2) is 0 Å². The van der Waals surface area contributed by atoms with Gasteiger partial charge < -0.3 is 32.0 Å². The second-order valence-electron chi connectivity index (χ2n) is 26.2. The van der Waals surface area contributed by atoms with Gasteiger partial charge in [-0.15, -0.1) is 0 Å². The number of rotatable bonds is 12. The Morgan fingerprint density at radius 3 is 1.41 bits per heavy atom. The molecule has 15 heteroatoms. The van der Waals surface area contributed by atoms with E-state index in [1.165, 1.54) is 92.1 Å². The predicted molar refractivity (Wildman–Crippen MR) is 350 cm³/mol. The fourth-order valence-electron chi connectivity index (χ4n) is 16.2. The minimum atomic E-state index is 0.0200. The van der Waals surface area contributed by atoms with E-state index in [1.54, 1.807) is 0 Å². The largest absolute Gasteiger partial charge is 0.342 e. The first-order valence-corrected chi connectivity index (χ1v) is 33.4. The van der Waals surface area contributed by atoms with E-state index < -0.39 is 0 Å². The fourth-order valence-corrected chi connectivity index (χ4v) is 16.7. The molecule has 0 spiro atoms. The van der Waals surface area contributed by atoms with Gasteiger partial charge in [-0.1, -0.05) is 108 Å². The number of piperazine rings is 1. The van der Waals surface area contributed by atoms with E-state index in [9.17, 15) is 9.59 Å². The molecule has 3 saturated carbocycles. The lowest BCUT2D eigenvalue weighted by atomic mass is 9.68. The van der Waals surface area contributed by atoms with Crippen molar-refractivity contribution in [2.24, 2.45) is 17.2 Å². The number of carbonyl (C=O) groups excluding carboxylic acids is 1. The highest BCUT2D eigenvalue weighted by molar-refractivity contribution is 6.31. The number of H-pyrrole nitrogens is 1. The first-order valence-electron chi connectivity index (χ1n) is 32.3. The number of hydrogen-bond donors (Lipinski definition) is 4. The molecule has 0 radical (unpaired) electrons. The molecule has 7 N–H and O–H groups in total. The SMILES string of the molecule is NCC1(c2cccc(Cl)c2)CCC(N2CCC(n3c(=O)[nH]c4ccccc43)CC2)CC1.NCC1(c2cccc(Cl)c2)CCC(N2CCN(CC(=O)N3CCCC3)CC2)CC1.NCC1(c2cccc(Cl)c2)CCC(N2CCc3ccccc3C2)CC1. The number of benzene rings is 5. The Morgan fingerprint density at radius 1 is 0.482 bits per heavy atom. The zero-order chi connectivity index (χ0) is 59.0. The number of carbonyl (C=O) groups is 1. The molecule has 6 aromatic rings. The number of hydrogen-bond acceptors (Lipinski definition) is 9. The van der Waals surface area contributed by atoms with Crippen LogP contribution in [0.2, 0.25) is 15.1 Å². The van der Waals surface area contributed by atoms with E-state index in [4.69, 9.17) is 52.0 Å². The standard InChI is InChI=1S/C25H31ClN4O.C23H35ClN4O.C22H27ClN2/c26-19-5-3-4-18(16-19)25(17-27)12-8-20(9-13-25)29-14-10-21(11-15-29)30-23-7-2-1-6-22(23)28-24(30)31;24-20-5-3-4-19(16-20)23(18-25)8-6-21(7-9-23)27-14-12-26(13-15-27)17-22(29)28-10-1-2-11-28;23-20-7-3-6-19(14-20)22(16-24)11-8-21(9-12-22)25-13-10-17-4-1-2-5-18(17)15-25/h1-7,16,20-21H,8-15,17,27H2,(H,28,31);3-5,16,21H,1-2,6-15,17-18,25H2;1-7,14,21H,8-13,15-16,24H2. The van der Waals surface area contributed by atoms with Gasteiger partial charge in [0.25, 0.3) is 0 Å². The van der Waals surface area contributed by atoms with Crippen molar-refractivity contribution < 1.29 is 4.79 Å². The molecule has 0 unspecified atom stereocenters. The van der Waals surface area contributed by atoms with E-state index in [0.29, 0.717) is 50.2 Å². The van der Waals surface area contributed by atoms with Crippen LogP contribution in [0.3, 0.4) is 0 Å². The number of nitrogens with two attached hydrogens (primary N) is 3. The molecule has 5 heterocycles. The first kappa shape index (κ1) is 62.1. The van der Waals surface area contributed by atoms with Crippen molar-refractivity contribution in [2.45, 2.75) is 156 Å². The fraction of sp³-hybridized carbons (Fsp3) is 0.543. The zero-order valence-electron chi connectivity index (χ0n) is 50.1. The molecule has 4 aliphatic heterocycles. The number of aromatic nitrogens is 2. The van der Waals surface area contributed by atoms with Crippen LogP contribution in [0.15, 0.2) is 126 Å². The summed E-state index contributed by atoms with van der Waals surface area (Å²) in [4.78, 5) is 40.3. The zero-order valence-corrected chi connectivity index (χ0v) is 52.4. The molecule has 3 aliphatic carbocycles. The van der Waals surface area contributed by atoms with Crippen molar-refractivity contribution >= 4 is 51.7 Å². The number of aromatic amines is 1. The van der Waals surface area contributed by atoms with Gasteiger partial charge in [-0.25, -0.2) is 4.79 Å². The maximum absolute atomic E-state index is 12.6. The number of nitrogens with zero attached hydrogens (tertiary/aromatic N) is 6. The van der Waals surface area contributed by atoms with Crippen molar-refractivity contribution in [2.75, 3.05) is 85.1 Å². The summed E-state index contributed by atoms with van der Waals surface area (Å²) >= 11 is 18.7. The highest BCUT2D eigenvalue weighted by Crippen LogP contribution is 2.45. The Balaban J connectivity index is 0.000000133. The molecule has 13 rings (SSSR count). The Labute approximate surface area is 520 Å². The lowest BCUT2D eigenvalue weighted by Crippen LogP contribution is -2.54. The number of amides is 1. The van der Waals surface area contributed by atoms with E-state index in [-0.39, 0.29) is 28.0 Å². The molecule has 85 heavy (non-hydrogen) atoms. The number of para-hydroxylation sites is 2. The van der Waals surface area contributed by atoms with Gasteiger partial charge in [-0.2, -0.15) is 0 Å². The predicted octanol–water partition coefficient (Wildman–Crippen LogP) is 11.7. The van der Waals surface area contributed by atoms with Crippen molar-refractivity contribution in [1.29, 1.82) is 0 Å². The Kier molecular flexibility index (Phi) is 20.6. The van der Waals surface area contributed by atoms with Crippen LogP contribution < -0.4 is 22.9 Å². The summed E-state index contributed by atoms with van der Waals surface area (Å²) in [7, 11) is 0. The van der Waals surface area contributed by atoms with Crippen LogP contribution in [0.5, 0.6) is 0 Å². The number of piperidine rings is 1. The van der Waals surface area contributed by atoms with E-state index in [1.807, 2.05) is 64.1 Å². The maximum Gasteiger partial charge on any atom is 0.326 e. The van der Waals surface area contributed by atoms with Crippen LogP contribution in [0, 0.1) is 0 Å². The third kappa shape index (κ3) is 14.3. The lowest BCUT2D eigenvalue weighted by molar-refractivity contribution is -0.131. The summed E-state index contributed by atoms with van der Waals surface area (Å²) < 4.78 is 1.98. The van der Waals surface area contributed by atoms with Gasteiger partial charge in [0.2, 0.25) is 5.91 Å². The van der Waals surface area contributed by atoms with E-state index in [0.717, 1.165) is 136 Å². The summed E-state index contributed by atoms with van der Waals surface area (Å²) in [5, 5.41) is 2.42. The molecule has 6 fully saturated rings. The molecule has 456 valence electrons. The van der Waals surface area contributed by atoms with Crippen LogP contribution in [0.25, 0.3) is 11.0 Å². The van der Waals surface area contributed by atoms with Gasteiger partial charge >= 0.3 is 5.69 Å². The van der Waals surface area contributed by atoms with Crippen LogP contribution in [-0.2, 0) is 34.0 Å². The van der Waals surface area contributed by atoms with Gasteiger partial charge in [0.05, 0.1) is 17.6 Å². The molecule has 1 aromatic heterocycles.